The Morgan fingerprint density at radius 2 is 2.13 bits per heavy atom. The number of hydrogen-bond donors (Lipinski definition) is 3. The molecule has 0 saturated carbocycles. The second-order valence-corrected chi connectivity index (χ2v) is 3.68. The Morgan fingerprint density at radius 1 is 1.47 bits per heavy atom. The molecule has 3 N–H and O–H groups in total. The third-order valence-corrected chi connectivity index (χ3v) is 2.73. The summed E-state index contributed by atoms with van der Waals surface area (Å²) in [5.41, 5.74) is 1.29. The number of rotatable bonds is 1. The molecule has 2 rings (SSSR count). The normalized spacial score (nSPS) is 10.8. The van der Waals surface area contributed by atoms with Crippen LogP contribution < -0.4 is 0 Å². The van der Waals surface area contributed by atoms with Crippen molar-refractivity contribution in [3.8, 4) is 5.75 Å². The zero-order valence-electron chi connectivity index (χ0n) is 7.84. The average Bonchev–Trinajstić information content (AvgIpc) is 2.58. The number of benzene rings is 1. The van der Waals surface area contributed by atoms with Gasteiger partial charge in [0.2, 0.25) is 0 Å². The molecule has 15 heavy (non-hydrogen) atoms. The van der Waals surface area contributed by atoms with Crippen LogP contribution >= 0.6 is 11.6 Å². The van der Waals surface area contributed by atoms with Crippen LogP contribution in [0.2, 0.25) is 5.02 Å². The van der Waals surface area contributed by atoms with Gasteiger partial charge in [-0.2, -0.15) is 0 Å². The van der Waals surface area contributed by atoms with E-state index in [-0.39, 0.29) is 16.5 Å². The van der Waals surface area contributed by atoms with Gasteiger partial charge in [-0.25, -0.2) is 4.79 Å². The van der Waals surface area contributed by atoms with Gasteiger partial charge in [-0.3, -0.25) is 0 Å². The molecule has 0 radical (unpaired) electrons. The standard InChI is InChI=1S/C10H8ClNO3/c1-4-2-6-5(9(13)8(4)11)3-7(12-6)10(14)15/h2-3,12-13H,1H3,(H,14,15). The average molecular weight is 226 g/mol. The number of carbonyl (C=O) groups is 1. The highest BCUT2D eigenvalue weighted by Gasteiger charge is 2.13. The van der Waals surface area contributed by atoms with Crippen LogP contribution in [-0.2, 0) is 0 Å². The number of hydrogen-bond acceptors (Lipinski definition) is 2. The maximum Gasteiger partial charge on any atom is 0.352 e. The minimum atomic E-state index is -1.07. The van der Waals surface area contributed by atoms with Crippen molar-refractivity contribution in [3.63, 3.8) is 0 Å². The van der Waals surface area contributed by atoms with E-state index in [2.05, 4.69) is 4.98 Å². The third-order valence-electron chi connectivity index (χ3n) is 2.25. The van der Waals surface area contributed by atoms with Gasteiger partial charge >= 0.3 is 5.97 Å². The zero-order valence-corrected chi connectivity index (χ0v) is 8.59. The molecule has 4 nitrogen and oxygen atoms in total. The van der Waals surface area contributed by atoms with Gasteiger partial charge in [-0.1, -0.05) is 11.6 Å². The van der Waals surface area contributed by atoms with Gasteiger partial charge in [-0.15, -0.1) is 0 Å². The van der Waals surface area contributed by atoms with E-state index in [1.54, 1.807) is 13.0 Å². The highest BCUT2D eigenvalue weighted by Crippen LogP contribution is 2.35. The van der Waals surface area contributed by atoms with Crippen molar-refractivity contribution < 1.29 is 15.0 Å². The molecule has 0 saturated heterocycles. The van der Waals surface area contributed by atoms with Gasteiger partial charge < -0.3 is 15.2 Å². The number of aromatic carboxylic acids is 1. The van der Waals surface area contributed by atoms with Crippen LogP contribution in [-0.4, -0.2) is 21.2 Å². The van der Waals surface area contributed by atoms with Crippen LogP contribution in [0.3, 0.4) is 0 Å². The van der Waals surface area contributed by atoms with Crippen molar-refractivity contribution in [3.05, 3.63) is 28.4 Å². The first kappa shape index (κ1) is 9.86. The van der Waals surface area contributed by atoms with Crippen molar-refractivity contribution in [2.45, 2.75) is 6.92 Å². The third kappa shape index (κ3) is 1.43. The number of halogens is 1. The van der Waals surface area contributed by atoms with E-state index < -0.39 is 5.97 Å². The second kappa shape index (κ2) is 3.17. The summed E-state index contributed by atoms with van der Waals surface area (Å²) in [6.45, 7) is 1.74. The minimum absolute atomic E-state index is 0.0296. The number of aromatic amines is 1. The minimum Gasteiger partial charge on any atom is -0.506 e. The molecule has 0 unspecified atom stereocenters. The molecule has 0 aliphatic carbocycles. The predicted molar refractivity (Wildman–Crippen MR) is 56.7 cm³/mol. The summed E-state index contributed by atoms with van der Waals surface area (Å²) in [5.74, 6) is -1.16. The molecule has 0 atom stereocenters. The summed E-state index contributed by atoms with van der Waals surface area (Å²) in [4.78, 5) is 13.4. The Kier molecular flexibility index (Phi) is 2.08. The molecular formula is C10H8ClNO3. The molecule has 5 heteroatoms. The first-order valence-corrected chi connectivity index (χ1v) is 4.62. The first-order valence-electron chi connectivity index (χ1n) is 4.25. The van der Waals surface area contributed by atoms with E-state index in [1.165, 1.54) is 6.07 Å². The number of carboxylic acid groups (broad SMARTS) is 1. The summed E-state index contributed by atoms with van der Waals surface area (Å²) in [7, 11) is 0. The van der Waals surface area contributed by atoms with E-state index in [9.17, 15) is 9.90 Å². The summed E-state index contributed by atoms with van der Waals surface area (Å²) in [6.07, 6.45) is 0. The van der Waals surface area contributed by atoms with Crippen molar-refractivity contribution in [2.75, 3.05) is 0 Å². The highest BCUT2D eigenvalue weighted by atomic mass is 35.5. The molecule has 0 amide bonds. The van der Waals surface area contributed by atoms with Crippen molar-refractivity contribution in [2.24, 2.45) is 0 Å². The van der Waals surface area contributed by atoms with E-state index in [0.29, 0.717) is 16.5 Å². The number of aryl methyl sites for hydroxylation is 1. The molecule has 2 aromatic rings. The first-order chi connectivity index (χ1) is 7.00. The molecule has 1 aromatic carbocycles. The summed E-state index contributed by atoms with van der Waals surface area (Å²) in [6, 6.07) is 3.06. The lowest BCUT2D eigenvalue weighted by atomic mass is 10.1. The number of nitrogens with one attached hydrogen (secondary N) is 1. The molecule has 0 fully saturated rings. The number of phenols is 1. The highest BCUT2D eigenvalue weighted by molar-refractivity contribution is 6.34. The Balaban J connectivity index is 2.82. The monoisotopic (exact) mass is 225 g/mol. The van der Waals surface area contributed by atoms with Crippen molar-refractivity contribution in [1.82, 2.24) is 4.98 Å². The Labute approximate surface area is 90.1 Å². The van der Waals surface area contributed by atoms with Gasteiger partial charge in [0, 0.05) is 5.39 Å². The van der Waals surface area contributed by atoms with Crippen LogP contribution in [0.1, 0.15) is 16.1 Å². The second-order valence-electron chi connectivity index (χ2n) is 3.31. The van der Waals surface area contributed by atoms with Gasteiger partial charge in [0.25, 0.3) is 0 Å². The molecule has 0 aliphatic rings. The SMILES string of the molecule is Cc1cc2[nH]c(C(=O)O)cc2c(O)c1Cl. The van der Waals surface area contributed by atoms with E-state index in [4.69, 9.17) is 16.7 Å². The molecule has 78 valence electrons. The molecule has 1 aromatic heterocycles. The van der Waals surface area contributed by atoms with E-state index >= 15 is 0 Å². The lowest BCUT2D eigenvalue weighted by Crippen LogP contribution is -1.94. The maximum absolute atomic E-state index is 10.7. The predicted octanol–water partition coefficient (Wildman–Crippen LogP) is 2.53. The van der Waals surface area contributed by atoms with E-state index in [0.717, 1.165) is 0 Å². The van der Waals surface area contributed by atoms with Gasteiger partial charge in [-0.05, 0) is 24.6 Å². The van der Waals surface area contributed by atoms with Crippen molar-refractivity contribution in [1.29, 1.82) is 0 Å². The smallest absolute Gasteiger partial charge is 0.352 e. The molecule has 0 aliphatic heterocycles. The number of H-pyrrole nitrogens is 1. The van der Waals surface area contributed by atoms with Crippen LogP contribution in [0.15, 0.2) is 12.1 Å². The lowest BCUT2D eigenvalue weighted by Gasteiger charge is -2.01. The number of carboxylic acids is 1. The van der Waals surface area contributed by atoms with Gasteiger partial charge in [0.1, 0.15) is 11.4 Å². The van der Waals surface area contributed by atoms with Crippen LogP contribution in [0.4, 0.5) is 0 Å². The Hall–Kier alpha value is -1.68. The molecular weight excluding hydrogens is 218 g/mol. The number of aromatic nitrogens is 1. The fourth-order valence-electron chi connectivity index (χ4n) is 1.48. The fourth-order valence-corrected chi connectivity index (χ4v) is 1.64. The molecule has 0 spiro atoms. The fraction of sp³-hybridized carbons (Fsp3) is 0.100. The topological polar surface area (TPSA) is 73.3 Å². The van der Waals surface area contributed by atoms with Crippen molar-refractivity contribution >= 4 is 28.5 Å². The number of fused-ring (bicyclic) bond motifs is 1. The van der Waals surface area contributed by atoms with Crippen LogP contribution in [0.5, 0.6) is 5.75 Å². The van der Waals surface area contributed by atoms with Gasteiger partial charge in [0.05, 0.1) is 10.5 Å². The molecule has 0 bridgehead atoms. The lowest BCUT2D eigenvalue weighted by molar-refractivity contribution is 0.0691. The Morgan fingerprint density at radius 3 is 2.73 bits per heavy atom. The van der Waals surface area contributed by atoms with Crippen LogP contribution in [0.25, 0.3) is 10.9 Å². The van der Waals surface area contributed by atoms with Crippen LogP contribution in [0, 0.1) is 6.92 Å². The largest absolute Gasteiger partial charge is 0.506 e. The van der Waals surface area contributed by atoms with E-state index in [1.807, 2.05) is 0 Å². The number of phenolic OH excluding ortho intramolecular Hbond substituents is 1. The van der Waals surface area contributed by atoms with Gasteiger partial charge in [0.15, 0.2) is 0 Å². The quantitative estimate of drug-likeness (QED) is 0.698. The summed E-state index contributed by atoms with van der Waals surface area (Å²) >= 11 is 5.83. The zero-order chi connectivity index (χ0) is 11.2. The Bertz CT molecular complexity index is 559. The maximum atomic E-state index is 10.7. The number of aromatic hydroxyl groups is 1. The summed E-state index contributed by atoms with van der Waals surface area (Å²) < 4.78 is 0. The summed E-state index contributed by atoms with van der Waals surface area (Å²) in [5, 5.41) is 19.1. The molecule has 1 heterocycles.